The van der Waals surface area contributed by atoms with Crippen LogP contribution in [0.2, 0.25) is 0 Å². The van der Waals surface area contributed by atoms with E-state index in [9.17, 15) is 4.79 Å². The molecule has 0 radical (unpaired) electrons. The van der Waals surface area contributed by atoms with E-state index in [-0.39, 0.29) is 5.78 Å². The van der Waals surface area contributed by atoms with Crippen LogP contribution >= 0.6 is 0 Å². The summed E-state index contributed by atoms with van der Waals surface area (Å²) >= 11 is 0. The zero-order valence-corrected chi connectivity index (χ0v) is 14.3. The van der Waals surface area contributed by atoms with E-state index >= 15 is 0 Å². The first kappa shape index (κ1) is 15.6. The third-order valence-corrected chi connectivity index (χ3v) is 4.71. The Balaban J connectivity index is 1.73. The van der Waals surface area contributed by atoms with Crippen molar-refractivity contribution in [1.29, 1.82) is 0 Å². The molecule has 0 N–H and O–H groups in total. The smallest absolute Gasteiger partial charge is 0.130 e. The van der Waals surface area contributed by atoms with Gasteiger partial charge in [-0.1, -0.05) is 42.5 Å². The lowest BCUT2D eigenvalue weighted by molar-refractivity contribution is -0.117. The molecule has 0 aliphatic heterocycles. The molecule has 0 bridgehead atoms. The van der Waals surface area contributed by atoms with Crippen molar-refractivity contribution in [2.45, 2.75) is 26.3 Å². The highest BCUT2D eigenvalue weighted by Gasteiger charge is 2.08. The topological polar surface area (TPSA) is 34.9 Å². The van der Waals surface area contributed by atoms with Gasteiger partial charge in [0, 0.05) is 24.9 Å². The summed E-state index contributed by atoms with van der Waals surface area (Å²) in [6, 6.07) is 19.4. The zero-order valence-electron chi connectivity index (χ0n) is 14.3. The first-order valence-corrected chi connectivity index (χ1v) is 8.59. The lowest BCUT2D eigenvalue weighted by Crippen LogP contribution is -2.05. The second-order valence-electron chi connectivity index (χ2n) is 6.55. The van der Waals surface area contributed by atoms with Gasteiger partial charge in [0.15, 0.2) is 0 Å². The zero-order chi connectivity index (χ0) is 17.2. The van der Waals surface area contributed by atoms with Gasteiger partial charge in [0.25, 0.3) is 0 Å². The summed E-state index contributed by atoms with van der Waals surface area (Å²) in [5, 5.41) is 5.04. The van der Waals surface area contributed by atoms with Crippen LogP contribution in [-0.4, -0.2) is 15.3 Å². The molecule has 3 heteroatoms. The second kappa shape index (κ2) is 6.52. The minimum Gasteiger partial charge on any atom is -0.330 e. The summed E-state index contributed by atoms with van der Waals surface area (Å²) in [6.45, 7) is 2.40. The van der Waals surface area contributed by atoms with Crippen LogP contribution in [0.1, 0.15) is 24.6 Å². The van der Waals surface area contributed by atoms with Crippen LogP contribution in [0, 0.1) is 0 Å². The van der Waals surface area contributed by atoms with Gasteiger partial charge in [-0.05, 0) is 52.6 Å². The predicted molar refractivity (Wildman–Crippen MR) is 102 cm³/mol. The number of fused-ring (bicyclic) bond motifs is 2. The van der Waals surface area contributed by atoms with Crippen molar-refractivity contribution >= 4 is 27.3 Å². The van der Waals surface area contributed by atoms with Gasteiger partial charge in [-0.25, -0.2) is 4.98 Å². The van der Waals surface area contributed by atoms with Crippen molar-refractivity contribution in [2.24, 2.45) is 0 Å². The Morgan fingerprint density at radius 3 is 2.56 bits per heavy atom. The van der Waals surface area contributed by atoms with Crippen molar-refractivity contribution in [3.8, 4) is 0 Å². The van der Waals surface area contributed by atoms with Gasteiger partial charge in [-0.3, -0.25) is 0 Å². The molecule has 4 rings (SSSR count). The van der Waals surface area contributed by atoms with E-state index < -0.39 is 0 Å². The normalized spacial score (nSPS) is 11.2. The Morgan fingerprint density at radius 2 is 1.76 bits per heavy atom. The first-order chi connectivity index (χ1) is 12.2. The number of ketones is 1. The molecule has 1 aromatic heterocycles. The fourth-order valence-electron chi connectivity index (χ4n) is 3.36. The summed E-state index contributed by atoms with van der Waals surface area (Å²) < 4.78 is 2.15. The molecule has 0 spiro atoms. The maximum absolute atomic E-state index is 11.3. The highest BCUT2D eigenvalue weighted by atomic mass is 16.1. The van der Waals surface area contributed by atoms with Gasteiger partial charge >= 0.3 is 0 Å². The van der Waals surface area contributed by atoms with E-state index in [2.05, 4.69) is 64.1 Å². The molecule has 3 nitrogen and oxygen atoms in total. The first-order valence-electron chi connectivity index (χ1n) is 8.59. The third kappa shape index (κ3) is 3.18. The van der Waals surface area contributed by atoms with E-state index in [0.29, 0.717) is 6.42 Å². The quantitative estimate of drug-likeness (QED) is 0.495. The highest BCUT2D eigenvalue weighted by molar-refractivity contribution is 5.99. The van der Waals surface area contributed by atoms with Crippen LogP contribution in [0.5, 0.6) is 0 Å². The molecule has 0 fully saturated rings. The largest absolute Gasteiger partial charge is 0.330 e. The standard InChI is InChI=1S/C22H20N2O/c1-16(25)9-10-21-13-23-15-24(21)14-20-8-4-7-19-11-17-5-2-3-6-18(17)12-22(19)20/h2-8,11-13,15H,9-10,14H2,1H3. The number of carbonyl (C=O) groups is 1. The Kier molecular flexibility index (Phi) is 4.06. The van der Waals surface area contributed by atoms with Gasteiger partial charge in [0.05, 0.1) is 6.33 Å². The summed E-state index contributed by atoms with van der Waals surface area (Å²) in [5.41, 5.74) is 2.37. The monoisotopic (exact) mass is 328 g/mol. The lowest BCUT2D eigenvalue weighted by Gasteiger charge is -2.11. The minimum absolute atomic E-state index is 0.212. The van der Waals surface area contributed by atoms with E-state index in [4.69, 9.17) is 0 Å². The fraction of sp³-hybridized carbons (Fsp3) is 0.182. The minimum atomic E-state index is 0.212. The molecule has 124 valence electrons. The summed E-state index contributed by atoms with van der Waals surface area (Å²) in [5.74, 6) is 0.212. The Hall–Kier alpha value is -2.94. The van der Waals surface area contributed by atoms with Crippen LogP contribution in [0.3, 0.4) is 0 Å². The van der Waals surface area contributed by atoms with E-state index in [1.807, 2.05) is 12.5 Å². The average molecular weight is 328 g/mol. The molecule has 0 amide bonds. The number of aromatic nitrogens is 2. The van der Waals surface area contributed by atoms with Crippen molar-refractivity contribution in [1.82, 2.24) is 9.55 Å². The number of rotatable bonds is 5. The number of aryl methyl sites for hydroxylation is 1. The molecule has 0 unspecified atom stereocenters. The molecule has 1 heterocycles. The molecule has 0 saturated heterocycles. The van der Waals surface area contributed by atoms with E-state index in [0.717, 1.165) is 18.7 Å². The Morgan fingerprint density at radius 1 is 1.00 bits per heavy atom. The summed E-state index contributed by atoms with van der Waals surface area (Å²) in [4.78, 5) is 15.6. The summed E-state index contributed by atoms with van der Waals surface area (Å²) in [7, 11) is 0. The Bertz CT molecular complexity index is 1060. The molecule has 0 aliphatic carbocycles. The molecular weight excluding hydrogens is 308 g/mol. The maximum Gasteiger partial charge on any atom is 0.130 e. The number of carbonyl (C=O) groups excluding carboxylic acids is 1. The molecular formula is C22H20N2O. The number of Topliss-reactive ketones (excluding diaryl/α,β-unsaturated/α-hetero) is 1. The van der Waals surface area contributed by atoms with Gasteiger partial charge in [0.1, 0.15) is 5.78 Å². The molecule has 0 aliphatic rings. The molecule has 4 aromatic rings. The second-order valence-corrected chi connectivity index (χ2v) is 6.55. The number of imidazole rings is 1. The number of benzene rings is 3. The molecule has 3 aromatic carbocycles. The lowest BCUT2D eigenvalue weighted by atomic mass is 9.99. The average Bonchev–Trinajstić information content (AvgIpc) is 3.06. The number of nitrogens with zero attached hydrogens (tertiary/aromatic N) is 2. The van der Waals surface area contributed by atoms with E-state index in [1.165, 1.54) is 27.1 Å². The number of hydrogen-bond donors (Lipinski definition) is 0. The fourth-order valence-corrected chi connectivity index (χ4v) is 3.36. The van der Waals surface area contributed by atoms with Crippen molar-refractivity contribution in [3.63, 3.8) is 0 Å². The van der Waals surface area contributed by atoms with Crippen molar-refractivity contribution in [3.05, 3.63) is 78.4 Å². The van der Waals surface area contributed by atoms with Crippen LogP contribution in [-0.2, 0) is 17.8 Å². The van der Waals surface area contributed by atoms with Gasteiger partial charge in [0.2, 0.25) is 0 Å². The van der Waals surface area contributed by atoms with Crippen LogP contribution in [0.4, 0.5) is 0 Å². The van der Waals surface area contributed by atoms with Crippen LogP contribution in [0.15, 0.2) is 67.1 Å². The molecule has 0 saturated carbocycles. The van der Waals surface area contributed by atoms with Crippen LogP contribution in [0.25, 0.3) is 21.5 Å². The van der Waals surface area contributed by atoms with E-state index in [1.54, 1.807) is 6.92 Å². The van der Waals surface area contributed by atoms with Crippen LogP contribution < -0.4 is 0 Å². The van der Waals surface area contributed by atoms with Crippen molar-refractivity contribution in [2.75, 3.05) is 0 Å². The number of hydrogen-bond acceptors (Lipinski definition) is 2. The van der Waals surface area contributed by atoms with Gasteiger partial charge in [-0.15, -0.1) is 0 Å². The highest BCUT2D eigenvalue weighted by Crippen LogP contribution is 2.26. The third-order valence-electron chi connectivity index (χ3n) is 4.71. The maximum atomic E-state index is 11.3. The predicted octanol–water partition coefficient (Wildman–Crippen LogP) is 4.76. The summed E-state index contributed by atoms with van der Waals surface area (Å²) in [6.07, 6.45) is 5.02. The van der Waals surface area contributed by atoms with Gasteiger partial charge in [-0.2, -0.15) is 0 Å². The van der Waals surface area contributed by atoms with Crippen molar-refractivity contribution < 1.29 is 4.79 Å². The Labute approximate surface area is 146 Å². The van der Waals surface area contributed by atoms with Gasteiger partial charge < -0.3 is 9.36 Å². The molecule has 0 atom stereocenters. The SMILES string of the molecule is CC(=O)CCc1cncn1Cc1cccc2cc3ccccc3cc12. The molecule has 25 heavy (non-hydrogen) atoms.